The lowest BCUT2D eigenvalue weighted by Crippen LogP contribution is -2.57. The highest BCUT2D eigenvalue weighted by molar-refractivity contribution is 5.10. The van der Waals surface area contributed by atoms with Crippen molar-refractivity contribution in [1.82, 2.24) is 0 Å². The standard InChI is InChI=1S/C27H48O/c1-18(2)9-8-10-19(3)21-12-13-22-20-17-25(28)24-11-6-7-15-26(24,4)23(20)14-16-27(21,22)5/h18-25,28H,6-17H2,1-5H3/t19-,20+,21+,22-,23+,24-,25+,26-,27+/m1/s1. The van der Waals surface area contributed by atoms with E-state index in [0.29, 0.717) is 16.7 Å². The molecular formula is C27H48O. The SMILES string of the molecule is CC(C)CCC[C@@H](C)[C@@H]1CC[C@@H]2[C@@H]3C[C@H](O)[C@H]4CCCC[C@]4(C)[C@H]3CC[C@]21C. The van der Waals surface area contributed by atoms with E-state index in [9.17, 15) is 5.11 Å². The molecule has 4 saturated carbocycles. The van der Waals surface area contributed by atoms with Gasteiger partial charge in [0.25, 0.3) is 0 Å². The van der Waals surface area contributed by atoms with Crippen molar-refractivity contribution in [2.24, 2.45) is 52.3 Å². The van der Waals surface area contributed by atoms with Crippen molar-refractivity contribution in [3.63, 3.8) is 0 Å². The lowest BCUT2D eigenvalue weighted by Gasteiger charge is -2.62. The smallest absolute Gasteiger partial charge is 0.0576 e. The van der Waals surface area contributed by atoms with E-state index in [1.807, 2.05) is 0 Å². The van der Waals surface area contributed by atoms with Crippen LogP contribution in [0.2, 0.25) is 0 Å². The first-order valence-electron chi connectivity index (χ1n) is 13.0. The fourth-order valence-corrected chi connectivity index (χ4v) is 9.38. The Morgan fingerprint density at radius 1 is 0.821 bits per heavy atom. The fraction of sp³-hybridized carbons (Fsp3) is 1.00. The monoisotopic (exact) mass is 388 g/mol. The van der Waals surface area contributed by atoms with Gasteiger partial charge in [0.2, 0.25) is 0 Å². The first-order valence-corrected chi connectivity index (χ1v) is 13.0. The van der Waals surface area contributed by atoms with E-state index in [4.69, 9.17) is 0 Å². The maximum atomic E-state index is 11.2. The fourth-order valence-electron chi connectivity index (χ4n) is 9.38. The zero-order valence-electron chi connectivity index (χ0n) is 19.6. The Bertz CT molecular complexity index is 540. The van der Waals surface area contributed by atoms with E-state index in [1.165, 1.54) is 70.6 Å². The minimum Gasteiger partial charge on any atom is -0.393 e. The molecule has 1 N–H and O–H groups in total. The van der Waals surface area contributed by atoms with Gasteiger partial charge in [-0.1, -0.05) is 66.7 Å². The molecule has 162 valence electrons. The number of aliphatic hydroxyl groups excluding tert-OH is 1. The summed E-state index contributed by atoms with van der Waals surface area (Å²) in [7, 11) is 0. The molecule has 0 saturated heterocycles. The lowest BCUT2D eigenvalue weighted by atomic mass is 9.44. The molecule has 0 aromatic rings. The Balaban J connectivity index is 1.49. The quantitative estimate of drug-likeness (QED) is 0.518. The molecule has 0 bridgehead atoms. The summed E-state index contributed by atoms with van der Waals surface area (Å²) in [6.07, 6.45) is 16.6. The third-order valence-electron chi connectivity index (χ3n) is 10.8. The van der Waals surface area contributed by atoms with E-state index in [1.54, 1.807) is 0 Å². The zero-order chi connectivity index (χ0) is 20.1. The van der Waals surface area contributed by atoms with Crippen LogP contribution in [0.3, 0.4) is 0 Å². The van der Waals surface area contributed by atoms with Gasteiger partial charge in [-0.15, -0.1) is 0 Å². The number of hydrogen-bond acceptors (Lipinski definition) is 1. The Morgan fingerprint density at radius 3 is 2.32 bits per heavy atom. The number of rotatable bonds is 5. The highest BCUT2D eigenvalue weighted by atomic mass is 16.3. The third kappa shape index (κ3) is 3.40. The van der Waals surface area contributed by atoms with Crippen LogP contribution in [-0.4, -0.2) is 11.2 Å². The summed E-state index contributed by atoms with van der Waals surface area (Å²) >= 11 is 0. The number of fused-ring (bicyclic) bond motifs is 5. The summed E-state index contributed by atoms with van der Waals surface area (Å²) in [4.78, 5) is 0. The van der Waals surface area contributed by atoms with E-state index in [-0.39, 0.29) is 6.10 Å². The van der Waals surface area contributed by atoms with Crippen molar-refractivity contribution in [2.45, 2.75) is 118 Å². The molecule has 0 amide bonds. The molecule has 0 heterocycles. The van der Waals surface area contributed by atoms with Gasteiger partial charge in [-0.25, -0.2) is 0 Å². The van der Waals surface area contributed by atoms with Gasteiger partial charge in [0.1, 0.15) is 0 Å². The van der Waals surface area contributed by atoms with Crippen LogP contribution < -0.4 is 0 Å². The van der Waals surface area contributed by atoms with E-state index >= 15 is 0 Å². The average Bonchev–Trinajstić information content (AvgIpc) is 2.99. The molecular weight excluding hydrogens is 340 g/mol. The first-order chi connectivity index (χ1) is 13.3. The van der Waals surface area contributed by atoms with Gasteiger partial charge < -0.3 is 5.11 Å². The van der Waals surface area contributed by atoms with Crippen molar-refractivity contribution in [1.29, 1.82) is 0 Å². The molecule has 28 heavy (non-hydrogen) atoms. The van der Waals surface area contributed by atoms with Crippen LogP contribution in [0.15, 0.2) is 0 Å². The minimum absolute atomic E-state index is 0.0172. The van der Waals surface area contributed by atoms with Gasteiger partial charge in [0, 0.05) is 0 Å². The van der Waals surface area contributed by atoms with Crippen LogP contribution in [0.25, 0.3) is 0 Å². The molecule has 0 radical (unpaired) electrons. The summed E-state index contributed by atoms with van der Waals surface area (Å²) in [5, 5.41) is 11.2. The Kier molecular flexibility index (Phi) is 5.98. The largest absolute Gasteiger partial charge is 0.393 e. The van der Waals surface area contributed by atoms with Gasteiger partial charge in [0.15, 0.2) is 0 Å². The third-order valence-corrected chi connectivity index (χ3v) is 10.8. The summed E-state index contributed by atoms with van der Waals surface area (Å²) in [6.45, 7) is 12.6. The van der Waals surface area contributed by atoms with Crippen molar-refractivity contribution >= 4 is 0 Å². The van der Waals surface area contributed by atoms with Crippen molar-refractivity contribution in [3.8, 4) is 0 Å². The molecule has 9 atom stereocenters. The molecule has 4 aliphatic carbocycles. The minimum atomic E-state index is -0.0172. The molecule has 0 aromatic heterocycles. The second-order valence-electron chi connectivity index (χ2n) is 12.6. The highest BCUT2D eigenvalue weighted by Crippen LogP contribution is 2.68. The predicted molar refractivity (Wildman–Crippen MR) is 119 cm³/mol. The summed E-state index contributed by atoms with van der Waals surface area (Å²) in [5.74, 6) is 5.85. The second-order valence-corrected chi connectivity index (χ2v) is 12.6. The molecule has 4 rings (SSSR count). The van der Waals surface area contributed by atoms with Crippen LogP contribution in [0, 0.1) is 52.3 Å². The Morgan fingerprint density at radius 2 is 1.57 bits per heavy atom. The maximum Gasteiger partial charge on any atom is 0.0576 e. The molecule has 4 aliphatic rings. The average molecular weight is 389 g/mol. The molecule has 0 aromatic carbocycles. The molecule has 4 fully saturated rings. The maximum absolute atomic E-state index is 11.2. The second kappa shape index (κ2) is 7.90. The molecule has 1 heteroatoms. The van der Waals surface area contributed by atoms with Crippen LogP contribution in [0.4, 0.5) is 0 Å². The van der Waals surface area contributed by atoms with Crippen LogP contribution in [-0.2, 0) is 0 Å². The predicted octanol–water partition coefficient (Wildman–Crippen LogP) is 7.47. The van der Waals surface area contributed by atoms with Gasteiger partial charge in [-0.3, -0.25) is 0 Å². The molecule has 0 unspecified atom stereocenters. The highest BCUT2D eigenvalue weighted by Gasteiger charge is 2.61. The zero-order valence-corrected chi connectivity index (χ0v) is 19.6. The van der Waals surface area contributed by atoms with Crippen LogP contribution in [0.5, 0.6) is 0 Å². The van der Waals surface area contributed by atoms with Gasteiger partial charge >= 0.3 is 0 Å². The van der Waals surface area contributed by atoms with E-state index < -0.39 is 0 Å². The molecule has 0 spiro atoms. The van der Waals surface area contributed by atoms with Gasteiger partial charge in [0.05, 0.1) is 6.10 Å². The molecule has 1 nitrogen and oxygen atoms in total. The van der Waals surface area contributed by atoms with Crippen LogP contribution >= 0.6 is 0 Å². The normalized spacial score (nSPS) is 49.4. The summed E-state index contributed by atoms with van der Waals surface area (Å²) in [6, 6.07) is 0. The number of hydrogen-bond donors (Lipinski definition) is 1. The van der Waals surface area contributed by atoms with E-state index in [2.05, 4.69) is 34.6 Å². The topological polar surface area (TPSA) is 20.2 Å². The first kappa shape index (κ1) is 21.2. The van der Waals surface area contributed by atoms with Crippen molar-refractivity contribution < 1.29 is 5.11 Å². The summed E-state index contributed by atoms with van der Waals surface area (Å²) in [5.41, 5.74) is 0.985. The number of aliphatic hydroxyl groups is 1. The van der Waals surface area contributed by atoms with Crippen molar-refractivity contribution in [2.75, 3.05) is 0 Å². The van der Waals surface area contributed by atoms with Crippen LogP contribution in [0.1, 0.15) is 112 Å². The Labute approximate surface area is 175 Å². The molecule has 0 aliphatic heterocycles. The van der Waals surface area contributed by atoms with Gasteiger partial charge in [-0.05, 0) is 97.2 Å². The van der Waals surface area contributed by atoms with E-state index in [0.717, 1.165) is 41.9 Å². The lowest BCUT2D eigenvalue weighted by molar-refractivity contribution is -0.159. The summed E-state index contributed by atoms with van der Waals surface area (Å²) < 4.78 is 0. The van der Waals surface area contributed by atoms with Crippen molar-refractivity contribution in [3.05, 3.63) is 0 Å². The van der Waals surface area contributed by atoms with Gasteiger partial charge in [-0.2, -0.15) is 0 Å². The Hall–Kier alpha value is -0.0400.